The van der Waals surface area contributed by atoms with Crippen LogP contribution in [0.2, 0.25) is 5.02 Å². The number of nitrogens with two attached hydrogens (primary N) is 1. The summed E-state index contributed by atoms with van der Waals surface area (Å²) in [6.45, 7) is 3.12. The third kappa shape index (κ3) is 4.03. The number of likely N-dealkylation sites (N-methyl/N-ethyl adjacent to an activating group) is 1. The molecule has 0 aliphatic heterocycles. The van der Waals surface area contributed by atoms with E-state index in [0.717, 1.165) is 16.7 Å². The Balaban J connectivity index is 2.22. The predicted octanol–water partition coefficient (Wildman–Crippen LogP) is 3.92. The molecule has 0 aliphatic carbocycles. The van der Waals surface area contributed by atoms with E-state index < -0.39 is 0 Å². The molecule has 2 nitrogen and oxygen atoms in total. The van der Waals surface area contributed by atoms with Crippen molar-refractivity contribution in [1.82, 2.24) is 4.90 Å². The molecule has 0 saturated carbocycles. The zero-order valence-corrected chi connectivity index (χ0v) is 13.1. The number of aryl methyl sites for hydroxylation is 1. The van der Waals surface area contributed by atoms with Gasteiger partial charge in [-0.3, -0.25) is 4.90 Å². The first-order chi connectivity index (χ1) is 10.0. The highest BCUT2D eigenvalue weighted by Gasteiger charge is 2.18. The summed E-state index contributed by atoms with van der Waals surface area (Å²) in [6, 6.07) is 12.5. The van der Waals surface area contributed by atoms with E-state index in [1.807, 2.05) is 38.2 Å². The van der Waals surface area contributed by atoms with Crippen LogP contribution in [0, 0.1) is 12.7 Å². The van der Waals surface area contributed by atoms with Crippen LogP contribution in [-0.4, -0.2) is 18.5 Å². The maximum atomic E-state index is 13.5. The Morgan fingerprint density at radius 1 is 1.24 bits per heavy atom. The van der Waals surface area contributed by atoms with Crippen molar-refractivity contribution in [3.8, 4) is 0 Å². The fourth-order valence-electron chi connectivity index (χ4n) is 2.55. The Hall–Kier alpha value is -1.42. The average molecular weight is 307 g/mol. The van der Waals surface area contributed by atoms with Crippen molar-refractivity contribution in [2.75, 3.05) is 13.6 Å². The SMILES string of the molecule is Cc1ccc(F)cc1C(CN)N(C)Cc1cccc(Cl)c1. The minimum Gasteiger partial charge on any atom is -0.329 e. The minimum atomic E-state index is -0.231. The number of hydrogen-bond acceptors (Lipinski definition) is 2. The molecular weight excluding hydrogens is 287 g/mol. The van der Waals surface area contributed by atoms with Crippen molar-refractivity contribution in [2.24, 2.45) is 5.73 Å². The summed E-state index contributed by atoms with van der Waals surface area (Å²) in [7, 11) is 1.99. The molecule has 0 radical (unpaired) electrons. The first-order valence-corrected chi connectivity index (χ1v) is 7.30. The summed E-state index contributed by atoms with van der Waals surface area (Å²) in [6.07, 6.45) is 0. The summed E-state index contributed by atoms with van der Waals surface area (Å²) >= 11 is 6.01. The van der Waals surface area contributed by atoms with Crippen LogP contribution in [0.1, 0.15) is 22.7 Å². The zero-order valence-electron chi connectivity index (χ0n) is 12.3. The lowest BCUT2D eigenvalue weighted by molar-refractivity contribution is 0.240. The van der Waals surface area contributed by atoms with E-state index >= 15 is 0 Å². The normalized spacial score (nSPS) is 12.7. The van der Waals surface area contributed by atoms with Crippen molar-refractivity contribution in [1.29, 1.82) is 0 Å². The number of rotatable bonds is 5. The van der Waals surface area contributed by atoms with Crippen LogP contribution in [0.4, 0.5) is 4.39 Å². The van der Waals surface area contributed by atoms with Gasteiger partial charge in [-0.1, -0.05) is 29.8 Å². The molecule has 1 atom stereocenters. The summed E-state index contributed by atoms with van der Waals surface area (Å²) < 4.78 is 13.5. The molecule has 0 aromatic heterocycles. The standard InChI is InChI=1S/C17H20ClFN2/c1-12-6-7-15(19)9-16(12)17(10-20)21(2)11-13-4-3-5-14(18)8-13/h3-9,17H,10-11,20H2,1-2H3. The second-order valence-corrected chi connectivity index (χ2v) is 5.73. The van der Waals surface area contributed by atoms with Crippen molar-refractivity contribution in [3.63, 3.8) is 0 Å². The molecule has 2 N–H and O–H groups in total. The second-order valence-electron chi connectivity index (χ2n) is 5.30. The molecule has 2 rings (SSSR count). The van der Waals surface area contributed by atoms with Crippen LogP contribution >= 0.6 is 11.6 Å². The van der Waals surface area contributed by atoms with Gasteiger partial charge in [-0.15, -0.1) is 0 Å². The van der Waals surface area contributed by atoms with E-state index in [-0.39, 0.29) is 11.9 Å². The van der Waals surface area contributed by atoms with Gasteiger partial charge in [0.05, 0.1) is 0 Å². The van der Waals surface area contributed by atoms with Gasteiger partial charge in [-0.05, 0) is 54.9 Å². The molecule has 112 valence electrons. The Labute approximate surface area is 130 Å². The highest BCUT2D eigenvalue weighted by atomic mass is 35.5. The lowest BCUT2D eigenvalue weighted by Gasteiger charge is -2.28. The minimum absolute atomic E-state index is 0.0281. The van der Waals surface area contributed by atoms with Crippen LogP contribution in [0.25, 0.3) is 0 Å². The molecule has 0 aliphatic rings. The van der Waals surface area contributed by atoms with Crippen molar-refractivity contribution in [3.05, 3.63) is 70.0 Å². The first kappa shape index (κ1) is 16.0. The van der Waals surface area contributed by atoms with E-state index in [1.54, 1.807) is 12.1 Å². The van der Waals surface area contributed by atoms with Gasteiger partial charge in [0.15, 0.2) is 0 Å². The van der Waals surface area contributed by atoms with E-state index in [9.17, 15) is 4.39 Å². The lowest BCUT2D eigenvalue weighted by atomic mass is 9.99. The molecule has 21 heavy (non-hydrogen) atoms. The Kier molecular flexibility index (Phi) is 5.34. The van der Waals surface area contributed by atoms with Crippen LogP contribution in [0.15, 0.2) is 42.5 Å². The summed E-state index contributed by atoms with van der Waals surface area (Å²) in [5.74, 6) is -0.231. The number of halogens is 2. The zero-order chi connectivity index (χ0) is 15.4. The van der Waals surface area contributed by atoms with Crippen molar-refractivity contribution in [2.45, 2.75) is 19.5 Å². The average Bonchev–Trinajstić information content (AvgIpc) is 2.43. The molecule has 0 amide bonds. The van der Waals surface area contributed by atoms with Crippen LogP contribution < -0.4 is 5.73 Å². The van der Waals surface area contributed by atoms with Gasteiger partial charge >= 0.3 is 0 Å². The molecule has 0 fully saturated rings. The van der Waals surface area contributed by atoms with Gasteiger partial charge in [-0.25, -0.2) is 4.39 Å². The monoisotopic (exact) mass is 306 g/mol. The maximum absolute atomic E-state index is 13.5. The molecule has 2 aromatic carbocycles. The molecular formula is C17H20ClFN2. The molecule has 2 aromatic rings. The Morgan fingerprint density at radius 3 is 2.67 bits per heavy atom. The van der Waals surface area contributed by atoms with Crippen LogP contribution in [0.5, 0.6) is 0 Å². The van der Waals surface area contributed by atoms with Gasteiger partial charge < -0.3 is 5.73 Å². The Bertz CT molecular complexity index is 615. The van der Waals surface area contributed by atoms with E-state index in [4.69, 9.17) is 17.3 Å². The quantitative estimate of drug-likeness (QED) is 0.907. The van der Waals surface area contributed by atoms with Gasteiger partial charge in [-0.2, -0.15) is 0 Å². The van der Waals surface area contributed by atoms with Gasteiger partial charge in [0.1, 0.15) is 5.82 Å². The summed E-state index contributed by atoms with van der Waals surface area (Å²) in [5, 5.41) is 0.715. The fourth-order valence-corrected chi connectivity index (χ4v) is 2.76. The third-order valence-electron chi connectivity index (χ3n) is 3.68. The first-order valence-electron chi connectivity index (χ1n) is 6.92. The fraction of sp³-hybridized carbons (Fsp3) is 0.294. The third-order valence-corrected chi connectivity index (χ3v) is 3.91. The number of benzene rings is 2. The van der Waals surface area contributed by atoms with Crippen molar-refractivity contribution >= 4 is 11.6 Å². The van der Waals surface area contributed by atoms with Gasteiger partial charge in [0, 0.05) is 24.2 Å². The number of hydrogen-bond donors (Lipinski definition) is 1. The molecule has 4 heteroatoms. The maximum Gasteiger partial charge on any atom is 0.123 e. The lowest BCUT2D eigenvalue weighted by Crippen LogP contribution is -2.30. The van der Waals surface area contributed by atoms with Crippen LogP contribution in [-0.2, 0) is 6.54 Å². The molecule has 1 unspecified atom stereocenters. The van der Waals surface area contributed by atoms with Gasteiger partial charge in [0.25, 0.3) is 0 Å². The molecule has 0 heterocycles. The Morgan fingerprint density at radius 2 is 2.00 bits per heavy atom. The highest BCUT2D eigenvalue weighted by molar-refractivity contribution is 6.30. The van der Waals surface area contributed by atoms with Crippen molar-refractivity contribution < 1.29 is 4.39 Å². The van der Waals surface area contributed by atoms with Gasteiger partial charge in [0.2, 0.25) is 0 Å². The van der Waals surface area contributed by atoms with E-state index in [0.29, 0.717) is 18.1 Å². The molecule has 0 bridgehead atoms. The van der Waals surface area contributed by atoms with E-state index in [1.165, 1.54) is 6.07 Å². The molecule has 0 spiro atoms. The smallest absolute Gasteiger partial charge is 0.123 e. The highest BCUT2D eigenvalue weighted by Crippen LogP contribution is 2.25. The molecule has 0 saturated heterocycles. The second kappa shape index (κ2) is 7.03. The largest absolute Gasteiger partial charge is 0.329 e. The number of nitrogens with zero attached hydrogens (tertiary/aromatic N) is 1. The summed E-state index contributed by atoms with van der Waals surface area (Å²) in [5.41, 5.74) is 9.01. The topological polar surface area (TPSA) is 29.3 Å². The predicted molar refractivity (Wildman–Crippen MR) is 85.9 cm³/mol. The summed E-state index contributed by atoms with van der Waals surface area (Å²) in [4.78, 5) is 2.12. The van der Waals surface area contributed by atoms with E-state index in [2.05, 4.69) is 4.90 Å². The van der Waals surface area contributed by atoms with Crippen LogP contribution in [0.3, 0.4) is 0 Å².